The Balaban J connectivity index is 1.69. The predicted octanol–water partition coefficient (Wildman–Crippen LogP) is 9.42. The molecule has 0 heterocycles. The van der Waals surface area contributed by atoms with Crippen molar-refractivity contribution in [2.45, 2.75) is 129 Å². The van der Waals surface area contributed by atoms with E-state index in [1.165, 1.54) is 96.3 Å². The van der Waals surface area contributed by atoms with Crippen molar-refractivity contribution >= 4 is 11.7 Å². The molecule has 0 aliphatic heterocycles. The van der Waals surface area contributed by atoms with Gasteiger partial charge in [0.2, 0.25) is 0 Å². The van der Waals surface area contributed by atoms with Crippen LogP contribution < -0.4 is 5.32 Å². The molecule has 0 fully saturated rings. The number of carbonyl (C=O) groups excluding carboxylic acids is 1. The minimum atomic E-state index is -0.348. The molecular formula is C41H75NO8. The maximum Gasteiger partial charge on any atom is 0.338 e. The quantitative estimate of drug-likeness (QED) is 0.0528. The van der Waals surface area contributed by atoms with Crippen molar-refractivity contribution in [3.63, 3.8) is 0 Å². The average molecular weight is 710 g/mol. The second-order valence-electron chi connectivity index (χ2n) is 13.0. The molecule has 0 unspecified atom stereocenters. The zero-order chi connectivity index (χ0) is 35.8. The van der Waals surface area contributed by atoms with Gasteiger partial charge >= 0.3 is 5.97 Å². The Kier molecular flexibility index (Phi) is 35.6. The fraction of sp³-hybridized carbons (Fsp3) is 0.829. The Morgan fingerprint density at radius 3 is 1.16 bits per heavy atom. The molecule has 9 heteroatoms. The van der Waals surface area contributed by atoms with Crippen LogP contribution in [0.5, 0.6) is 0 Å². The fourth-order valence-electron chi connectivity index (χ4n) is 5.36. The van der Waals surface area contributed by atoms with Crippen molar-refractivity contribution in [2.24, 2.45) is 0 Å². The van der Waals surface area contributed by atoms with Crippen LogP contribution in [0.2, 0.25) is 0 Å². The number of unbranched alkanes of at least 4 members (excludes halogenated alkanes) is 16. The Morgan fingerprint density at radius 1 is 0.420 bits per heavy atom. The number of hydrogen-bond donors (Lipinski definition) is 1. The van der Waals surface area contributed by atoms with Crippen molar-refractivity contribution in [1.29, 1.82) is 0 Å². The summed E-state index contributed by atoms with van der Waals surface area (Å²) in [6.45, 7) is 12.0. The second-order valence-corrected chi connectivity index (χ2v) is 13.0. The maximum absolute atomic E-state index is 12.1. The van der Waals surface area contributed by atoms with E-state index in [2.05, 4.69) is 19.2 Å². The fourth-order valence-corrected chi connectivity index (χ4v) is 5.36. The van der Waals surface area contributed by atoms with Gasteiger partial charge in [0, 0.05) is 18.8 Å². The lowest BCUT2D eigenvalue weighted by Crippen LogP contribution is -2.15. The average Bonchev–Trinajstić information content (AvgIpc) is 3.13. The van der Waals surface area contributed by atoms with Crippen LogP contribution in [0, 0.1) is 0 Å². The summed E-state index contributed by atoms with van der Waals surface area (Å²) in [6, 6.07) is 7.33. The SMILES string of the molecule is CCCCCCCCCCCCCCCCCCOCCOCCOCCOCCOCCOCCOC(=O)c1ccc(NCCCC)cc1. The van der Waals surface area contributed by atoms with Gasteiger partial charge in [-0.1, -0.05) is 117 Å². The highest BCUT2D eigenvalue weighted by atomic mass is 16.6. The third-order valence-corrected chi connectivity index (χ3v) is 8.44. The number of benzene rings is 1. The van der Waals surface area contributed by atoms with E-state index in [0.29, 0.717) is 78.2 Å². The Labute approximate surface area is 306 Å². The van der Waals surface area contributed by atoms with Crippen LogP contribution in [0.15, 0.2) is 24.3 Å². The third kappa shape index (κ3) is 32.2. The van der Waals surface area contributed by atoms with Gasteiger partial charge in [0.25, 0.3) is 0 Å². The van der Waals surface area contributed by atoms with E-state index < -0.39 is 0 Å². The Bertz CT molecular complexity index is 825. The number of nitrogens with one attached hydrogen (secondary N) is 1. The van der Waals surface area contributed by atoms with E-state index in [9.17, 15) is 4.79 Å². The van der Waals surface area contributed by atoms with Gasteiger partial charge in [-0.2, -0.15) is 0 Å². The smallest absolute Gasteiger partial charge is 0.338 e. The number of esters is 1. The summed E-state index contributed by atoms with van der Waals surface area (Å²) in [5, 5.41) is 3.33. The van der Waals surface area contributed by atoms with Gasteiger partial charge in [0.15, 0.2) is 0 Å². The van der Waals surface area contributed by atoms with Crippen LogP contribution in [0.3, 0.4) is 0 Å². The summed E-state index contributed by atoms with van der Waals surface area (Å²) < 4.78 is 38.6. The van der Waals surface area contributed by atoms with Crippen molar-refractivity contribution in [3.8, 4) is 0 Å². The molecule has 1 N–H and O–H groups in total. The lowest BCUT2D eigenvalue weighted by molar-refractivity contribution is -0.0194. The van der Waals surface area contributed by atoms with Crippen LogP contribution in [-0.4, -0.2) is 98.4 Å². The Hall–Kier alpha value is -1.75. The summed E-state index contributed by atoms with van der Waals surface area (Å²) in [7, 11) is 0. The first-order chi connectivity index (χ1) is 24.8. The lowest BCUT2D eigenvalue weighted by atomic mass is 10.0. The molecule has 0 bridgehead atoms. The standard InChI is InChI=1S/C41H75NO8/c1-3-5-7-8-9-10-11-12-13-14-15-16-17-18-19-20-26-44-27-28-45-29-30-46-31-32-47-33-34-48-35-36-49-37-38-50-41(43)39-21-23-40(24-22-39)42-25-6-4-2/h21-24,42H,3-20,25-38H2,1-2H3. The van der Waals surface area contributed by atoms with E-state index in [4.69, 9.17) is 33.2 Å². The normalized spacial score (nSPS) is 11.3. The van der Waals surface area contributed by atoms with Gasteiger partial charge in [0.05, 0.1) is 78.2 Å². The predicted molar refractivity (Wildman–Crippen MR) is 205 cm³/mol. The molecule has 0 saturated carbocycles. The zero-order valence-electron chi connectivity index (χ0n) is 32.2. The Morgan fingerprint density at radius 2 is 0.760 bits per heavy atom. The monoisotopic (exact) mass is 710 g/mol. The molecule has 1 aromatic carbocycles. The van der Waals surface area contributed by atoms with E-state index in [-0.39, 0.29) is 12.6 Å². The molecule has 0 aliphatic carbocycles. The van der Waals surface area contributed by atoms with Gasteiger partial charge < -0.3 is 38.5 Å². The number of ether oxygens (including phenoxy) is 7. The van der Waals surface area contributed by atoms with E-state index in [0.717, 1.165) is 38.1 Å². The van der Waals surface area contributed by atoms with Crippen LogP contribution in [0.25, 0.3) is 0 Å². The molecule has 292 valence electrons. The highest BCUT2D eigenvalue weighted by molar-refractivity contribution is 5.89. The molecule has 0 atom stereocenters. The van der Waals surface area contributed by atoms with E-state index in [1.807, 2.05) is 12.1 Å². The number of anilines is 1. The van der Waals surface area contributed by atoms with Crippen LogP contribution in [0.4, 0.5) is 5.69 Å². The van der Waals surface area contributed by atoms with Gasteiger partial charge in [0.1, 0.15) is 6.61 Å². The van der Waals surface area contributed by atoms with Crippen molar-refractivity contribution in [2.75, 3.05) is 97.8 Å². The summed E-state index contributed by atoms with van der Waals surface area (Å²) in [6.07, 6.45) is 24.4. The molecule has 0 spiro atoms. The van der Waals surface area contributed by atoms with E-state index >= 15 is 0 Å². The number of carbonyl (C=O) groups is 1. The van der Waals surface area contributed by atoms with Gasteiger partial charge in [-0.05, 0) is 37.1 Å². The first-order valence-electron chi connectivity index (χ1n) is 20.3. The largest absolute Gasteiger partial charge is 0.460 e. The van der Waals surface area contributed by atoms with Gasteiger partial charge in [-0.3, -0.25) is 0 Å². The lowest BCUT2D eigenvalue weighted by Gasteiger charge is -2.09. The van der Waals surface area contributed by atoms with Crippen LogP contribution >= 0.6 is 0 Å². The second kappa shape index (κ2) is 38.5. The minimum Gasteiger partial charge on any atom is -0.460 e. The maximum atomic E-state index is 12.1. The van der Waals surface area contributed by atoms with Crippen LogP contribution in [-0.2, 0) is 33.2 Å². The first-order valence-corrected chi connectivity index (χ1v) is 20.3. The first kappa shape index (κ1) is 46.3. The molecule has 0 aliphatic rings. The molecule has 0 aromatic heterocycles. The zero-order valence-corrected chi connectivity index (χ0v) is 32.2. The summed E-state index contributed by atoms with van der Waals surface area (Å²) in [5.41, 5.74) is 1.54. The third-order valence-electron chi connectivity index (χ3n) is 8.44. The number of hydrogen-bond acceptors (Lipinski definition) is 9. The molecule has 50 heavy (non-hydrogen) atoms. The minimum absolute atomic E-state index is 0.205. The topological polar surface area (TPSA) is 93.7 Å². The number of rotatable bonds is 40. The highest BCUT2D eigenvalue weighted by Crippen LogP contribution is 2.14. The molecular weight excluding hydrogens is 634 g/mol. The summed E-state index contributed by atoms with van der Waals surface area (Å²) in [4.78, 5) is 12.1. The van der Waals surface area contributed by atoms with Crippen molar-refractivity contribution in [1.82, 2.24) is 0 Å². The van der Waals surface area contributed by atoms with Crippen LogP contribution in [0.1, 0.15) is 140 Å². The molecule has 0 radical (unpaired) electrons. The van der Waals surface area contributed by atoms with E-state index in [1.54, 1.807) is 12.1 Å². The molecule has 9 nitrogen and oxygen atoms in total. The molecule has 0 saturated heterocycles. The van der Waals surface area contributed by atoms with Crippen molar-refractivity contribution in [3.05, 3.63) is 29.8 Å². The van der Waals surface area contributed by atoms with Gasteiger partial charge in [-0.15, -0.1) is 0 Å². The molecule has 1 aromatic rings. The van der Waals surface area contributed by atoms with Gasteiger partial charge in [-0.25, -0.2) is 4.79 Å². The van der Waals surface area contributed by atoms with Crippen molar-refractivity contribution < 1.29 is 38.0 Å². The molecule has 1 rings (SSSR count). The molecule has 0 amide bonds. The highest BCUT2D eigenvalue weighted by Gasteiger charge is 2.07. The summed E-state index contributed by atoms with van der Waals surface area (Å²) >= 11 is 0. The summed E-state index contributed by atoms with van der Waals surface area (Å²) in [5.74, 6) is -0.348.